The Hall–Kier alpha value is -2.96. The van der Waals surface area contributed by atoms with Gasteiger partial charge in [0.1, 0.15) is 5.82 Å². The predicted molar refractivity (Wildman–Crippen MR) is 87.7 cm³/mol. The minimum absolute atomic E-state index is 0.286. The summed E-state index contributed by atoms with van der Waals surface area (Å²) in [7, 11) is 0. The van der Waals surface area contributed by atoms with Crippen LogP contribution in [0.25, 0.3) is 0 Å². The largest absolute Gasteiger partial charge is 0.477 e. The zero-order valence-electron chi connectivity index (χ0n) is 13.3. The molecule has 24 heavy (non-hydrogen) atoms. The first-order valence-electron chi connectivity index (χ1n) is 7.33. The zero-order valence-corrected chi connectivity index (χ0v) is 13.3. The number of amides is 1. The van der Waals surface area contributed by atoms with Crippen molar-refractivity contribution in [1.29, 1.82) is 0 Å². The van der Waals surface area contributed by atoms with Crippen molar-refractivity contribution in [2.45, 2.75) is 19.8 Å². The van der Waals surface area contributed by atoms with Crippen molar-refractivity contribution in [2.24, 2.45) is 0 Å². The van der Waals surface area contributed by atoms with Crippen LogP contribution in [-0.4, -0.2) is 17.4 Å². The fraction of sp³-hybridized carbons (Fsp3) is 0.235. The van der Waals surface area contributed by atoms with Crippen molar-refractivity contribution in [3.63, 3.8) is 0 Å². The number of benzene rings is 2. The Labute approximate surface area is 138 Å². The number of halogens is 1. The predicted octanol–water partition coefficient (Wildman–Crippen LogP) is 3.87. The molecule has 2 aromatic carbocycles. The number of nitro groups is 1. The van der Waals surface area contributed by atoms with Gasteiger partial charge in [-0.2, -0.15) is 0 Å². The molecule has 0 saturated heterocycles. The summed E-state index contributed by atoms with van der Waals surface area (Å²) < 4.78 is 18.3. The molecule has 126 valence electrons. The number of carbonyl (C=O) groups is 1. The molecule has 0 radical (unpaired) electrons. The first-order valence-corrected chi connectivity index (χ1v) is 7.33. The van der Waals surface area contributed by atoms with Crippen LogP contribution in [-0.2, 0) is 4.79 Å². The van der Waals surface area contributed by atoms with E-state index in [0.717, 1.165) is 23.8 Å². The average molecular weight is 332 g/mol. The van der Waals surface area contributed by atoms with Gasteiger partial charge in [0, 0.05) is 17.8 Å². The van der Waals surface area contributed by atoms with Gasteiger partial charge in [0.25, 0.3) is 5.91 Å². The van der Waals surface area contributed by atoms with Crippen molar-refractivity contribution in [3.05, 3.63) is 64.0 Å². The molecule has 0 atom stereocenters. The second-order valence-corrected chi connectivity index (χ2v) is 5.49. The molecule has 2 aromatic rings. The van der Waals surface area contributed by atoms with Crippen LogP contribution in [0.3, 0.4) is 0 Å². The average Bonchev–Trinajstić information content (AvgIpc) is 2.53. The number of rotatable bonds is 6. The Morgan fingerprint density at radius 1 is 1.29 bits per heavy atom. The van der Waals surface area contributed by atoms with Gasteiger partial charge in [-0.25, -0.2) is 4.39 Å². The molecule has 0 spiro atoms. The number of nitro benzene ring substituents is 1. The molecule has 6 nitrogen and oxygen atoms in total. The van der Waals surface area contributed by atoms with E-state index in [2.05, 4.69) is 5.32 Å². The summed E-state index contributed by atoms with van der Waals surface area (Å²) in [5, 5.41) is 13.5. The van der Waals surface area contributed by atoms with E-state index in [0.29, 0.717) is 11.6 Å². The number of ether oxygens (including phenoxy) is 1. The van der Waals surface area contributed by atoms with Crippen molar-refractivity contribution < 1.29 is 18.8 Å². The normalized spacial score (nSPS) is 10.5. The fourth-order valence-corrected chi connectivity index (χ4v) is 2.07. The third-order valence-electron chi connectivity index (χ3n) is 3.31. The molecule has 0 fully saturated rings. The summed E-state index contributed by atoms with van der Waals surface area (Å²) in [5.41, 5.74) is 1.27. The monoisotopic (exact) mass is 332 g/mol. The Kier molecular flexibility index (Phi) is 5.47. The minimum Gasteiger partial charge on any atom is -0.477 e. The van der Waals surface area contributed by atoms with Crippen molar-refractivity contribution in [3.8, 4) is 5.75 Å². The lowest BCUT2D eigenvalue weighted by atomic mass is 10.0. The van der Waals surface area contributed by atoms with Gasteiger partial charge in [-0.3, -0.25) is 14.9 Å². The lowest BCUT2D eigenvalue weighted by molar-refractivity contribution is -0.385. The summed E-state index contributed by atoms with van der Waals surface area (Å²) in [6.45, 7) is 3.61. The molecule has 0 bridgehead atoms. The molecule has 0 aliphatic heterocycles. The fourth-order valence-electron chi connectivity index (χ4n) is 2.07. The molecule has 7 heteroatoms. The van der Waals surface area contributed by atoms with E-state index in [4.69, 9.17) is 4.74 Å². The second kappa shape index (κ2) is 7.54. The van der Waals surface area contributed by atoms with Crippen LogP contribution in [0, 0.1) is 15.9 Å². The number of hydrogen-bond donors (Lipinski definition) is 1. The third-order valence-corrected chi connectivity index (χ3v) is 3.31. The Morgan fingerprint density at radius 2 is 2.04 bits per heavy atom. The SMILES string of the molecule is CC(C)c1cccc(NC(=O)COc2cc(F)ccc2[N+](=O)[O-])c1. The summed E-state index contributed by atoms with van der Waals surface area (Å²) in [6, 6.07) is 10.2. The minimum atomic E-state index is -0.696. The number of hydrogen-bond acceptors (Lipinski definition) is 4. The van der Waals surface area contributed by atoms with Gasteiger partial charge in [0.15, 0.2) is 6.61 Å². The van der Waals surface area contributed by atoms with Gasteiger partial charge in [-0.05, 0) is 29.7 Å². The molecule has 1 N–H and O–H groups in total. The zero-order chi connectivity index (χ0) is 17.7. The van der Waals surface area contributed by atoms with Gasteiger partial charge in [-0.15, -0.1) is 0 Å². The van der Waals surface area contributed by atoms with Gasteiger partial charge < -0.3 is 10.1 Å². The summed E-state index contributed by atoms with van der Waals surface area (Å²) >= 11 is 0. The molecular weight excluding hydrogens is 315 g/mol. The first-order chi connectivity index (χ1) is 11.4. The maximum atomic E-state index is 13.2. The Balaban J connectivity index is 2.03. The van der Waals surface area contributed by atoms with E-state index in [9.17, 15) is 19.3 Å². The smallest absolute Gasteiger partial charge is 0.311 e. The quantitative estimate of drug-likeness (QED) is 0.643. The highest BCUT2D eigenvalue weighted by atomic mass is 19.1. The Morgan fingerprint density at radius 3 is 2.71 bits per heavy atom. The second-order valence-electron chi connectivity index (χ2n) is 5.49. The molecular formula is C17H17FN2O4. The number of anilines is 1. The first kappa shape index (κ1) is 17.4. The van der Waals surface area contributed by atoms with Crippen LogP contribution >= 0.6 is 0 Å². The van der Waals surface area contributed by atoms with Gasteiger partial charge in [0.2, 0.25) is 5.75 Å². The maximum Gasteiger partial charge on any atom is 0.311 e. The molecule has 2 rings (SSSR count). The van der Waals surface area contributed by atoms with Crippen LogP contribution in [0.4, 0.5) is 15.8 Å². The summed E-state index contributed by atoms with van der Waals surface area (Å²) in [6.07, 6.45) is 0. The van der Waals surface area contributed by atoms with Gasteiger partial charge >= 0.3 is 5.69 Å². The number of carbonyl (C=O) groups excluding carboxylic acids is 1. The van der Waals surface area contributed by atoms with Crippen LogP contribution in [0.5, 0.6) is 5.75 Å². The van der Waals surface area contributed by atoms with Gasteiger partial charge in [-0.1, -0.05) is 26.0 Å². The molecule has 0 aliphatic carbocycles. The van der Waals surface area contributed by atoms with Crippen molar-refractivity contribution in [2.75, 3.05) is 11.9 Å². The summed E-state index contributed by atoms with van der Waals surface area (Å²) in [5.74, 6) is -1.14. The van der Waals surface area contributed by atoms with Crippen molar-refractivity contribution >= 4 is 17.3 Å². The highest BCUT2D eigenvalue weighted by Crippen LogP contribution is 2.27. The molecule has 0 saturated carbocycles. The molecule has 1 amide bonds. The van der Waals surface area contributed by atoms with Crippen LogP contribution in [0.1, 0.15) is 25.3 Å². The van der Waals surface area contributed by atoms with Crippen molar-refractivity contribution in [1.82, 2.24) is 0 Å². The molecule has 0 heterocycles. The molecule has 0 aromatic heterocycles. The van der Waals surface area contributed by atoms with E-state index in [1.807, 2.05) is 32.0 Å². The van der Waals surface area contributed by atoms with E-state index < -0.39 is 28.9 Å². The third kappa shape index (κ3) is 4.52. The lowest BCUT2D eigenvalue weighted by Crippen LogP contribution is -2.20. The van der Waals surface area contributed by atoms with Gasteiger partial charge in [0.05, 0.1) is 4.92 Å². The van der Waals surface area contributed by atoms with Crippen LogP contribution in [0.2, 0.25) is 0 Å². The van der Waals surface area contributed by atoms with Crippen LogP contribution < -0.4 is 10.1 Å². The molecule has 0 aliphatic rings. The summed E-state index contributed by atoms with van der Waals surface area (Å²) in [4.78, 5) is 22.1. The standard InChI is InChI=1S/C17H17FN2O4/c1-11(2)12-4-3-5-14(8-12)19-17(21)10-24-16-9-13(18)6-7-15(16)20(22)23/h3-9,11H,10H2,1-2H3,(H,19,21). The Bertz CT molecular complexity index is 762. The van der Waals surface area contributed by atoms with Crippen LogP contribution in [0.15, 0.2) is 42.5 Å². The van der Waals surface area contributed by atoms with E-state index in [1.165, 1.54) is 0 Å². The van der Waals surface area contributed by atoms with E-state index in [1.54, 1.807) is 6.07 Å². The maximum absolute atomic E-state index is 13.2. The highest BCUT2D eigenvalue weighted by Gasteiger charge is 2.17. The number of nitrogens with one attached hydrogen (secondary N) is 1. The van der Waals surface area contributed by atoms with E-state index in [-0.39, 0.29) is 5.75 Å². The lowest BCUT2D eigenvalue weighted by Gasteiger charge is -2.10. The number of nitrogens with zero attached hydrogens (tertiary/aromatic N) is 1. The van der Waals surface area contributed by atoms with E-state index >= 15 is 0 Å². The topological polar surface area (TPSA) is 81.5 Å². The molecule has 0 unspecified atom stereocenters. The highest BCUT2D eigenvalue weighted by molar-refractivity contribution is 5.92.